The summed E-state index contributed by atoms with van der Waals surface area (Å²) in [6, 6.07) is 4.21. The number of hydrogen-bond donors (Lipinski definition) is 1. The maximum atomic E-state index is 14.8. The van der Waals surface area contributed by atoms with Crippen molar-refractivity contribution in [3.05, 3.63) is 30.2 Å². The fourth-order valence-electron chi connectivity index (χ4n) is 3.25. The number of fused-ring (bicyclic) bond motifs is 1. The molecular formula is C25H30FN3O6. The Morgan fingerprint density at radius 1 is 1.26 bits per heavy atom. The molecule has 2 heterocycles. The molecule has 0 bridgehead atoms. The number of alkyl carbamates (subject to hydrolysis) is 1. The highest BCUT2D eigenvalue weighted by Crippen LogP contribution is 2.38. The van der Waals surface area contributed by atoms with Gasteiger partial charge in [-0.15, -0.1) is 0 Å². The predicted molar refractivity (Wildman–Crippen MR) is 126 cm³/mol. The van der Waals surface area contributed by atoms with Crippen molar-refractivity contribution in [3.63, 3.8) is 0 Å². The normalized spacial score (nSPS) is 14.5. The van der Waals surface area contributed by atoms with Crippen LogP contribution in [0.25, 0.3) is 22.6 Å². The summed E-state index contributed by atoms with van der Waals surface area (Å²) in [7, 11) is 1.46. The number of amides is 1. The number of halogens is 1. The zero-order chi connectivity index (χ0) is 25.2. The lowest BCUT2D eigenvalue weighted by Gasteiger charge is -2.21. The standard InChI is InChI=1S/C25H30FN3O6/c1-14(28-24(30)35-25(2,3)4)12-32-21-10-19-18(11-27-21)29-23(34-19)16-8-17(26)22(20(9-16)31-5)33-13-15-6-7-15/h8-11,14-15H,6-7,12-13H2,1-5H3,(H,28,30)/t14-/m0/s1. The molecule has 1 N–H and O–H groups in total. The van der Waals surface area contributed by atoms with Crippen LogP contribution in [0.4, 0.5) is 9.18 Å². The predicted octanol–water partition coefficient (Wildman–Crippen LogP) is 5.12. The highest BCUT2D eigenvalue weighted by atomic mass is 19.1. The van der Waals surface area contributed by atoms with Gasteiger partial charge in [-0.1, -0.05) is 0 Å². The van der Waals surface area contributed by atoms with Gasteiger partial charge in [0, 0.05) is 11.6 Å². The van der Waals surface area contributed by atoms with Crippen LogP contribution in [0.15, 0.2) is 28.8 Å². The Hall–Kier alpha value is -3.56. The maximum absolute atomic E-state index is 14.8. The van der Waals surface area contributed by atoms with Crippen LogP contribution >= 0.6 is 0 Å². The van der Waals surface area contributed by atoms with E-state index in [0.717, 1.165) is 12.8 Å². The minimum absolute atomic E-state index is 0.0886. The molecule has 1 amide bonds. The number of carbonyl (C=O) groups is 1. The van der Waals surface area contributed by atoms with E-state index in [0.29, 0.717) is 35.1 Å². The number of pyridine rings is 1. The number of hydrogen-bond acceptors (Lipinski definition) is 8. The summed E-state index contributed by atoms with van der Waals surface area (Å²) < 4.78 is 42.5. The van der Waals surface area contributed by atoms with E-state index in [2.05, 4.69) is 15.3 Å². The maximum Gasteiger partial charge on any atom is 0.407 e. The number of aromatic nitrogens is 2. The summed E-state index contributed by atoms with van der Waals surface area (Å²) in [6.45, 7) is 7.80. The van der Waals surface area contributed by atoms with E-state index in [1.165, 1.54) is 19.4 Å². The van der Waals surface area contributed by atoms with Crippen molar-refractivity contribution in [2.24, 2.45) is 5.92 Å². The fourth-order valence-corrected chi connectivity index (χ4v) is 3.25. The molecule has 1 atom stereocenters. The highest BCUT2D eigenvalue weighted by Gasteiger charge is 2.25. The molecule has 1 aliphatic carbocycles. The second-order valence-electron chi connectivity index (χ2n) is 9.61. The Morgan fingerprint density at radius 3 is 2.71 bits per heavy atom. The molecule has 0 unspecified atom stereocenters. The summed E-state index contributed by atoms with van der Waals surface area (Å²) in [5.74, 6) is 0.810. The van der Waals surface area contributed by atoms with Gasteiger partial charge in [0.25, 0.3) is 0 Å². The second-order valence-corrected chi connectivity index (χ2v) is 9.61. The first-order chi connectivity index (χ1) is 16.6. The topological polar surface area (TPSA) is 105 Å². The molecule has 10 heteroatoms. The largest absolute Gasteiger partial charge is 0.493 e. The lowest BCUT2D eigenvalue weighted by Crippen LogP contribution is -2.40. The zero-order valence-electron chi connectivity index (χ0n) is 20.5. The van der Waals surface area contributed by atoms with E-state index in [4.69, 9.17) is 23.4 Å². The van der Waals surface area contributed by atoms with E-state index in [1.807, 2.05) is 0 Å². The number of methoxy groups -OCH3 is 1. The number of nitrogens with zero attached hydrogens (tertiary/aromatic N) is 2. The van der Waals surface area contributed by atoms with Crippen LogP contribution in [0.2, 0.25) is 0 Å². The lowest BCUT2D eigenvalue weighted by molar-refractivity contribution is 0.0493. The number of ether oxygens (including phenoxy) is 4. The Morgan fingerprint density at radius 2 is 2.03 bits per heavy atom. The third kappa shape index (κ3) is 6.52. The van der Waals surface area contributed by atoms with Gasteiger partial charge in [0.15, 0.2) is 22.9 Å². The molecule has 2 aromatic heterocycles. The van der Waals surface area contributed by atoms with E-state index < -0.39 is 17.5 Å². The smallest absolute Gasteiger partial charge is 0.407 e. The molecule has 1 aromatic carbocycles. The van der Waals surface area contributed by atoms with Crippen molar-refractivity contribution in [3.8, 4) is 28.8 Å². The quantitative estimate of drug-likeness (QED) is 0.444. The van der Waals surface area contributed by atoms with Crippen LogP contribution in [-0.4, -0.2) is 48.0 Å². The first-order valence-corrected chi connectivity index (χ1v) is 11.5. The fraction of sp³-hybridized carbons (Fsp3) is 0.480. The minimum atomic E-state index is -0.585. The second kappa shape index (κ2) is 9.97. The Bertz CT molecular complexity index is 1200. The van der Waals surface area contributed by atoms with E-state index in [9.17, 15) is 9.18 Å². The van der Waals surface area contributed by atoms with Crippen molar-refractivity contribution < 1.29 is 32.5 Å². The molecule has 0 spiro atoms. The van der Waals surface area contributed by atoms with Crippen LogP contribution < -0.4 is 19.5 Å². The Labute approximate surface area is 202 Å². The first-order valence-electron chi connectivity index (χ1n) is 11.5. The summed E-state index contributed by atoms with van der Waals surface area (Å²) in [6.07, 6.45) is 3.18. The number of benzene rings is 1. The van der Waals surface area contributed by atoms with Gasteiger partial charge in [-0.25, -0.2) is 19.2 Å². The minimum Gasteiger partial charge on any atom is -0.493 e. The summed E-state index contributed by atoms with van der Waals surface area (Å²) in [5.41, 5.74) is 0.733. The molecule has 0 radical (unpaired) electrons. The molecule has 9 nitrogen and oxygen atoms in total. The van der Waals surface area contributed by atoms with Crippen LogP contribution in [-0.2, 0) is 4.74 Å². The van der Waals surface area contributed by atoms with Crippen molar-refractivity contribution in [1.82, 2.24) is 15.3 Å². The molecule has 1 aliphatic rings. The first kappa shape index (κ1) is 24.6. The molecule has 4 rings (SSSR count). The Kier molecular flexibility index (Phi) is 7.00. The van der Waals surface area contributed by atoms with Gasteiger partial charge >= 0.3 is 6.09 Å². The number of carbonyl (C=O) groups excluding carboxylic acids is 1. The van der Waals surface area contributed by atoms with Crippen LogP contribution in [0.1, 0.15) is 40.5 Å². The molecule has 1 fully saturated rings. The molecular weight excluding hydrogens is 457 g/mol. The summed E-state index contributed by atoms with van der Waals surface area (Å²) in [4.78, 5) is 20.5. The average molecular weight is 488 g/mol. The molecule has 0 saturated heterocycles. The van der Waals surface area contributed by atoms with Crippen LogP contribution in [0.5, 0.6) is 17.4 Å². The Balaban J connectivity index is 1.44. The van der Waals surface area contributed by atoms with Crippen molar-refractivity contribution >= 4 is 17.2 Å². The lowest BCUT2D eigenvalue weighted by atomic mass is 10.2. The van der Waals surface area contributed by atoms with Gasteiger partial charge in [-0.05, 0) is 58.6 Å². The van der Waals surface area contributed by atoms with Crippen molar-refractivity contribution in [2.75, 3.05) is 20.3 Å². The monoisotopic (exact) mass is 487 g/mol. The summed E-state index contributed by atoms with van der Waals surface area (Å²) in [5, 5.41) is 2.70. The molecule has 0 aliphatic heterocycles. The van der Waals surface area contributed by atoms with Gasteiger partial charge in [0.1, 0.15) is 17.7 Å². The number of rotatable bonds is 9. The summed E-state index contributed by atoms with van der Waals surface area (Å²) >= 11 is 0. The third-order valence-electron chi connectivity index (χ3n) is 5.13. The van der Waals surface area contributed by atoms with Gasteiger partial charge in [-0.3, -0.25) is 0 Å². The molecule has 3 aromatic rings. The SMILES string of the molecule is COc1cc(-c2nc3cnc(OC[C@H](C)NC(=O)OC(C)(C)C)cc3o2)cc(F)c1OCC1CC1. The molecule has 1 saturated carbocycles. The number of oxazole rings is 1. The number of nitrogens with one attached hydrogen (secondary N) is 1. The van der Waals surface area contributed by atoms with Gasteiger partial charge < -0.3 is 28.7 Å². The van der Waals surface area contributed by atoms with E-state index in [-0.39, 0.29) is 30.0 Å². The van der Waals surface area contributed by atoms with Crippen LogP contribution in [0.3, 0.4) is 0 Å². The zero-order valence-corrected chi connectivity index (χ0v) is 20.5. The van der Waals surface area contributed by atoms with Crippen LogP contribution in [0, 0.1) is 11.7 Å². The van der Waals surface area contributed by atoms with E-state index >= 15 is 0 Å². The molecule has 188 valence electrons. The highest BCUT2D eigenvalue weighted by molar-refractivity contribution is 5.76. The third-order valence-corrected chi connectivity index (χ3v) is 5.13. The van der Waals surface area contributed by atoms with Crippen molar-refractivity contribution in [2.45, 2.75) is 52.2 Å². The van der Waals surface area contributed by atoms with Gasteiger partial charge in [0.05, 0.1) is 26.0 Å². The average Bonchev–Trinajstić information content (AvgIpc) is 3.51. The molecule has 35 heavy (non-hydrogen) atoms. The van der Waals surface area contributed by atoms with Gasteiger partial charge in [0.2, 0.25) is 11.8 Å². The van der Waals surface area contributed by atoms with E-state index in [1.54, 1.807) is 39.8 Å². The van der Waals surface area contributed by atoms with Gasteiger partial charge in [-0.2, -0.15) is 0 Å². The van der Waals surface area contributed by atoms with Crippen molar-refractivity contribution in [1.29, 1.82) is 0 Å².